The average Bonchev–Trinajstić information content (AvgIpc) is 2.81. The molecule has 0 radical (unpaired) electrons. The summed E-state index contributed by atoms with van der Waals surface area (Å²) in [5.74, 6) is 5.81. The first-order valence-electron chi connectivity index (χ1n) is 5.78. The van der Waals surface area contributed by atoms with Gasteiger partial charge in [-0.15, -0.1) is 11.3 Å². The summed E-state index contributed by atoms with van der Waals surface area (Å²) in [5, 5.41) is 4.16. The van der Waals surface area contributed by atoms with Crippen LogP contribution in [0.2, 0.25) is 0 Å². The summed E-state index contributed by atoms with van der Waals surface area (Å²) in [6.45, 7) is 1.88. The number of rotatable bonds is 0. The molecule has 2 nitrogen and oxygen atoms in total. The minimum atomic E-state index is -0.240. The molecule has 1 aliphatic heterocycles. The van der Waals surface area contributed by atoms with Gasteiger partial charge < -0.3 is 5.32 Å². The number of nitrogens with zero attached hydrogens (tertiary/aromatic N) is 1. The number of halogens is 1. The highest BCUT2D eigenvalue weighted by Crippen LogP contribution is 2.20. The highest BCUT2D eigenvalue weighted by molar-refractivity contribution is 7.12. The average molecular weight is 258 g/mol. The van der Waals surface area contributed by atoms with Crippen LogP contribution in [0.5, 0.6) is 0 Å². The van der Waals surface area contributed by atoms with E-state index in [1.54, 1.807) is 23.5 Å². The summed E-state index contributed by atoms with van der Waals surface area (Å²) in [7, 11) is 0. The molecule has 4 heteroatoms. The number of fused-ring (bicyclic) bond motifs is 1. The SMILES string of the molecule is Fc1ccc(C#Cc2nc3c(s2)CNCC3)cc1. The van der Waals surface area contributed by atoms with Gasteiger partial charge in [-0.05, 0) is 30.2 Å². The van der Waals surface area contributed by atoms with Crippen molar-refractivity contribution in [3.63, 3.8) is 0 Å². The van der Waals surface area contributed by atoms with Gasteiger partial charge in [0.15, 0.2) is 5.01 Å². The molecule has 2 heterocycles. The normalized spacial score (nSPS) is 13.6. The van der Waals surface area contributed by atoms with Crippen molar-refractivity contribution < 1.29 is 4.39 Å². The molecule has 0 saturated heterocycles. The highest BCUT2D eigenvalue weighted by Gasteiger charge is 2.13. The number of hydrogen-bond acceptors (Lipinski definition) is 3. The van der Waals surface area contributed by atoms with Gasteiger partial charge in [0.25, 0.3) is 0 Å². The Kier molecular flexibility index (Phi) is 3.09. The lowest BCUT2D eigenvalue weighted by Gasteiger charge is -2.09. The topological polar surface area (TPSA) is 24.9 Å². The maximum absolute atomic E-state index is 12.7. The van der Waals surface area contributed by atoms with Gasteiger partial charge in [-0.1, -0.05) is 5.92 Å². The molecule has 3 rings (SSSR count). The molecular formula is C14H11FN2S. The molecule has 1 aromatic heterocycles. The molecule has 2 aromatic rings. The van der Waals surface area contributed by atoms with Crippen LogP contribution < -0.4 is 5.32 Å². The zero-order valence-electron chi connectivity index (χ0n) is 9.66. The fraction of sp³-hybridized carbons (Fsp3) is 0.214. The molecule has 1 N–H and O–H groups in total. The van der Waals surface area contributed by atoms with Gasteiger partial charge in [-0.2, -0.15) is 0 Å². The van der Waals surface area contributed by atoms with E-state index in [1.807, 2.05) is 0 Å². The first-order valence-corrected chi connectivity index (χ1v) is 6.60. The Morgan fingerprint density at radius 1 is 1.22 bits per heavy atom. The van der Waals surface area contributed by atoms with E-state index in [1.165, 1.54) is 22.7 Å². The predicted molar refractivity (Wildman–Crippen MR) is 69.9 cm³/mol. The monoisotopic (exact) mass is 258 g/mol. The number of thiazole rings is 1. The van der Waals surface area contributed by atoms with E-state index in [9.17, 15) is 4.39 Å². The predicted octanol–water partition coefficient (Wildman–Crippen LogP) is 2.33. The van der Waals surface area contributed by atoms with E-state index in [-0.39, 0.29) is 5.82 Å². The van der Waals surface area contributed by atoms with Crippen LogP contribution in [0.1, 0.15) is 21.1 Å². The number of aromatic nitrogens is 1. The minimum absolute atomic E-state index is 0.240. The fourth-order valence-corrected chi connectivity index (χ4v) is 2.77. The summed E-state index contributed by atoms with van der Waals surface area (Å²) in [5.41, 5.74) is 1.98. The third kappa shape index (κ3) is 2.42. The van der Waals surface area contributed by atoms with Crippen LogP contribution in [0.15, 0.2) is 24.3 Å². The van der Waals surface area contributed by atoms with Gasteiger partial charge in [0.1, 0.15) is 5.82 Å². The second-order valence-corrected chi connectivity index (χ2v) is 5.16. The summed E-state index contributed by atoms with van der Waals surface area (Å²) in [6.07, 6.45) is 0.976. The molecule has 1 aliphatic rings. The Balaban J connectivity index is 1.84. The van der Waals surface area contributed by atoms with Gasteiger partial charge in [0.2, 0.25) is 0 Å². The van der Waals surface area contributed by atoms with Crippen molar-refractivity contribution in [3.05, 3.63) is 51.2 Å². The lowest BCUT2D eigenvalue weighted by Crippen LogP contribution is -2.22. The van der Waals surface area contributed by atoms with Gasteiger partial charge in [0, 0.05) is 30.0 Å². The lowest BCUT2D eigenvalue weighted by molar-refractivity contribution is 0.627. The summed E-state index contributed by atoms with van der Waals surface area (Å²) in [4.78, 5) is 5.80. The summed E-state index contributed by atoms with van der Waals surface area (Å²) < 4.78 is 12.7. The largest absolute Gasteiger partial charge is 0.311 e. The molecule has 0 amide bonds. The van der Waals surface area contributed by atoms with Crippen molar-refractivity contribution in [2.75, 3.05) is 6.54 Å². The Bertz CT molecular complexity index is 596. The minimum Gasteiger partial charge on any atom is -0.311 e. The molecular weight excluding hydrogens is 247 g/mol. The van der Waals surface area contributed by atoms with Crippen molar-refractivity contribution >= 4 is 11.3 Å². The molecule has 0 bridgehead atoms. The van der Waals surface area contributed by atoms with Crippen molar-refractivity contribution in [1.29, 1.82) is 0 Å². The zero-order chi connectivity index (χ0) is 12.4. The molecule has 1 aromatic carbocycles. The maximum atomic E-state index is 12.7. The van der Waals surface area contributed by atoms with Crippen LogP contribution in [0.4, 0.5) is 4.39 Å². The molecule has 18 heavy (non-hydrogen) atoms. The Morgan fingerprint density at radius 2 is 2.06 bits per heavy atom. The molecule has 0 spiro atoms. The van der Waals surface area contributed by atoms with Crippen LogP contribution in [-0.2, 0) is 13.0 Å². The van der Waals surface area contributed by atoms with Gasteiger partial charge in [-0.3, -0.25) is 0 Å². The van der Waals surface area contributed by atoms with Crippen molar-refractivity contribution in [1.82, 2.24) is 10.3 Å². The molecule has 0 saturated carbocycles. The van der Waals surface area contributed by atoms with Crippen molar-refractivity contribution in [3.8, 4) is 11.8 Å². The van der Waals surface area contributed by atoms with E-state index in [0.29, 0.717) is 0 Å². The molecule has 0 unspecified atom stereocenters. The molecule has 0 fully saturated rings. The maximum Gasteiger partial charge on any atom is 0.167 e. The van der Waals surface area contributed by atoms with E-state index in [0.717, 1.165) is 30.1 Å². The van der Waals surface area contributed by atoms with Crippen LogP contribution in [0.3, 0.4) is 0 Å². The summed E-state index contributed by atoms with van der Waals surface area (Å²) >= 11 is 1.64. The highest BCUT2D eigenvalue weighted by atomic mass is 32.1. The first-order chi connectivity index (χ1) is 8.81. The second-order valence-electron chi connectivity index (χ2n) is 4.07. The first kappa shape index (κ1) is 11.4. The van der Waals surface area contributed by atoms with Crippen molar-refractivity contribution in [2.45, 2.75) is 13.0 Å². The van der Waals surface area contributed by atoms with Gasteiger partial charge >= 0.3 is 0 Å². The molecule has 0 aliphatic carbocycles. The number of benzene rings is 1. The Labute approximate surface area is 109 Å². The standard InChI is InChI=1S/C14H11FN2S/c15-11-4-1-10(2-5-11)3-6-14-17-12-7-8-16-9-13(12)18-14/h1-2,4-5,16H,7-9H2. The number of hydrogen-bond donors (Lipinski definition) is 1. The summed E-state index contributed by atoms with van der Waals surface area (Å²) in [6, 6.07) is 6.19. The zero-order valence-corrected chi connectivity index (χ0v) is 10.5. The Morgan fingerprint density at radius 3 is 2.83 bits per heavy atom. The lowest BCUT2D eigenvalue weighted by atomic mass is 10.2. The van der Waals surface area contributed by atoms with E-state index in [2.05, 4.69) is 22.1 Å². The van der Waals surface area contributed by atoms with E-state index < -0.39 is 0 Å². The Hall–Kier alpha value is -1.70. The third-order valence-electron chi connectivity index (χ3n) is 2.76. The molecule has 90 valence electrons. The second kappa shape index (κ2) is 4.89. The van der Waals surface area contributed by atoms with E-state index >= 15 is 0 Å². The van der Waals surface area contributed by atoms with Gasteiger partial charge in [-0.25, -0.2) is 9.37 Å². The van der Waals surface area contributed by atoms with Crippen LogP contribution >= 0.6 is 11.3 Å². The van der Waals surface area contributed by atoms with Crippen molar-refractivity contribution in [2.24, 2.45) is 0 Å². The van der Waals surface area contributed by atoms with E-state index in [4.69, 9.17) is 0 Å². The number of nitrogens with one attached hydrogen (secondary N) is 1. The quantitative estimate of drug-likeness (QED) is 0.734. The third-order valence-corrected chi connectivity index (χ3v) is 3.77. The van der Waals surface area contributed by atoms with Crippen LogP contribution in [0, 0.1) is 17.7 Å². The van der Waals surface area contributed by atoms with Crippen LogP contribution in [-0.4, -0.2) is 11.5 Å². The molecule has 0 atom stereocenters. The smallest absolute Gasteiger partial charge is 0.167 e. The fourth-order valence-electron chi connectivity index (χ4n) is 1.84. The van der Waals surface area contributed by atoms with Gasteiger partial charge in [0.05, 0.1) is 5.69 Å². The van der Waals surface area contributed by atoms with Crippen LogP contribution in [0.25, 0.3) is 0 Å².